The second-order valence-corrected chi connectivity index (χ2v) is 5.16. The van der Waals surface area contributed by atoms with Gasteiger partial charge >= 0.3 is 5.97 Å². The third kappa shape index (κ3) is 5.33. The van der Waals surface area contributed by atoms with Gasteiger partial charge in [0.05, 0.1) is 0 Å². The minimum Gasteiger partial charge on any atom is -0.480 e. The highest BCUT2D eigenvalue weighted by Crippen LogP contribution is 2.24. The number of aliphatic carboxylic acids is 1. The van der Waals surface area contributed by atoms with Gasteiger partial charge in [-0.2, -0.15) is 0 Å². The number of nitrogens with one attached hydrogen (secondary N) is 1. The van der Waals surface area contributed by atoms with Crippen LogP contribution in [0.4, 0.5) is 0 Å². The zero-order valence-electron chi connectivity index (χ0n) is 12.3. The fourth-order valence-corrected chi connectivity index (χ4v) is 2.30. The molecule has 7 nitrogen and oxygen atoms in total. The second-order valence-electron chi connectivity index (χ2n) is 5.16. The minimum atomic E-state index is -1.10. The van der Waals surface area contributed by atoms with E-state index < -0.39 is 12.6 Å². The number of carbonyl (C=O) groups is 2. The van der Waals surface area contributed by atoms with Crippen LogP contribution in [0.1, 0.15) is 31.2 Å². The smallest absolute Gasteiger partial charge is 0.329 e. The third-order valence-electron chi connectivity index (χ3n) is 3.37. The van der Waals surface area contributed by atoms with E-state index in [-0.39, 0.29) is 25.2 Å². The summed E-state index contributed by atoms with van der Waals surface area (Å²) in [7, 11) is 0. The molecule has 120 valence electrons. The first-order valence-electron chi connectivity index (χ1n) is 7.32. The Balaban J connectivity index is 1.81. The van der Waals surface area contributed by atoms with Crippen LogP contribution < -0.4 is 10.1 Å². The maximum atomic E-state index is 11.6. The molecule has 0 saturated heterocycles. The molecule has 22 heavy (non-hydrogen) atoms. The molecule has 2 N–H and O–H groups in total. The highest BCUT2D eigenvalue weighted by molar-refractivity contribution is 5.77. The van der Waals surface area contributed by atoms with E-state index in [4.69, 9.17) is 14.6 Å². The topological polar surface area (TPSA) is 97.8 Å². The molecule has 1 fully saturated rings. The largest absolute Gasteiger partial charge is 0.480 e. The standard InChI is InChI=1S/C15H20N2O5/c18-13(9-21-10-14(19)20)17-8-11-4-3-7-16-15(11)22-12-5-1-2-6-12/h3-4,7,12H,1-2,5-6,8-10H2,(H,17,18)(H,19,20). The summed E-state index contributed by atoms with van der Waals surface area (Å²) in [5.41, 5.74) is 0.793. The summed E-state index contributed by atoms with van der Waals surface area (Å²) in [6.07, 6.45) is 6.26. The lowest BCUT2D eigenvalue weighted by molar-refractivity contribution is -0.143. The minimum absolute atomic E-state index is 0.197. The van der Waals surface area contributed by atoms with Gasteiger partial charge in [0.2, 0.25) is 11.8 Å². The van der Waals surface area contributed by atoms with Gasteiger partial charge in [0, 0.05) is 18.3 Å². The van der Waals surface area contributed by atoms with Crippen LogP contribution in [0.15, 0.2) is 18.3 Å². The number of ether oxygens (including phenoxy) is 2. The van der Waals surface area contributed by atoms with E-state index in [0.717, 1.165) is 18.4 Å². The second kappa shape index (κ2) is 8.33. The van der Waals surface area contributed by atoms with Crippen LogP contribution in [0.5, 0.6) is 5.88 Å². The summed E-state index contributed by atoms with van der Waals surface area (Å²) in [4.78, 5) is 26.1. The number of carboxylic acids is 1. The Morgan fingerprint density at radius 2 is 2.09 bits per heavy atom. The molecule has 0 aliphatic heterocycles. The van der Waals surface area contributed by atoms with Gasteiger partial charge in [-0.15, -0.1) is 0 Å². The molecule has 7 heteroatoms. The number of hydrogen-bond donors (Lipinski definition) is 2. The monoisotopic (exact) mass is 308 g/mol. The van der Waals surface area contributed by atoms with Crippen molar-refractivity contribution in [3.8, 4) is 5.88 Å². The number of pyridine rings is 1. The lowest BCUT2D eigenvalue weighted by Crippen LogP contribution is -2.28. The molecule has 0 unspecified atom stereocenters. The number of carboxylic acid groups (broad SMARTS) is 1. The van der Waals surface area contributed by atoms with E-state index in [1.165, 1.54) is 12.8 Å². The van der Waals surface area contributed by atoms with Gasteiger partial charge in [0.1, 0.15) is 19.3 Å². The summed E-state index contributed by atoms with van der Waals surface area (Å²) < 4.78 is 10.6. The first-order valence-corrected chi connectivity index (χ1v) is 7.32. The van der Waals surface area contributed by atoms with Crippen LogP contribution >= 0.6 is 0 Å². The summed E-state index contributed by atoms with van der Waals surface area (Å²) in [5, 5.41) is 11.1. The van der Waals surface area contributed by atoms with Crippen LogP contribution in [0.3, 0.4) is 0 Å². The predicted octanol–water partition coefficient (Wildman–Crippen LogP) is 1.12. The SMILES string of the molecule is O=C(O)COCC(=O)NCc1cccnc1OC1CCCC1. The zero-order valence-corrected chi connectivity index (χ0v) is 12.3. The highest BCUT2D eigenvalue weighted by Gasteiger charge is 2.18. The number of amides is 1. The molecule has 1 saturated carbocycles. The summed E-state index contributed by atoms with van der Waals surface area (Å²) >= 11 is 0. The lowest BCUT2D eigenvalue weighted by atomic mass is 10.2. The fraction of sp³-hybridized carbons (Fsp3) is 0.533. The molecule has 0 bridgehead atoms. The normalized spacial score (nSPS) is 14.7. The quantitative estimate of drug-likeness (QED) is 0.747. The number of nitrogens with zero attached hydrogens (tertiary/aromatic N) is 1. The Bertz CT molecular complexity index is 514. The number of rotatable bonds is 8. The van der Waals surface area contributed by atoms with Crippen molar-refractivity contribution in [2.24, 2.45) is 0 Å². The van der Waals surface area contributed by atoms with Crippen molar-refractivity contribution in [1.29, 1.82) is 0 Å². The summed E-state index contributed by atoms with van der Waals surface area (Å²) in [5.74, 6) is -0.939. The van der Waals surface area contributed by atoms with Gasteiger partial charge in [-0.1, -0.05) is 6.07 Å². The predicted molar refractivity (Wildman–Crippen MR) is 77.4 cm³/mol. The fourth-order valence-electron chi connectivity index (χ4n) is 2.30. The third-order valence-corrected chi connectivity index (χ3v) is 3.37. The molecule has 0 aromatic carbocycles. The Morgan fingerprint density at radius 1 is 1.32 bits per heavy atom. The van der Waals surface area contributed by atoms with Gasteiger partial charge in [-0.25, -0.2) is 9.78 Å². The van der Waals surface area contributed by atoms with Crippen LogP contribution in [0, 0.1) is 0 Å². The lowest BCUT2D eigenvalue weighted by Gasteiger charge is -2.15. The molecule has 1 heterocycles. The molecule has 1 aromatic rings. The van der Waals surface area contributed by atoms with E-state index in [0.29, 0.717) is 5.88 Å². The number of carbonyl (C=O) groups excluding carboxylic acids is 1. The number of hydrogen-bond acceptors (Lipinski definition) is 5. The molecule has 0 spiro atoms. The molecular weight excluding hydrogens is 288 g/mol. The van der Waals surface area contributed by atoms with Crippen molar-refractivity contribution in [2.75, 3.05) is 13.2 Å². The van der Waals surface area contributed by atoms with E-state index in [2.05, 4.69) is 10.3 Å². The molecule has 1 aliphatic rings. The van der Waals surface area contributed by atoms with E-state index in [1.54, 1.807) is 12.3 Å². The molecule has 0 radical (unpaired) electrons. The average Bonchev–Trinajstić information content (AvgIpc) is 2.99. The first kappa shape index (κ1) is 16.2. The molecule has 1 aliphatic carbocycles. The van der Waals surface area contributed by atoms with Gasteiger partial charge < -0.3 is 19.9 Å². The van der Waals surface area contributed by atoms with Crippen molar-refractivity contribution in [2.45, 2.75) is 38.3 Å². The average molecular weight is 308 g/mol. The Hall–Kier alpha value is -2.15. The van der Waals surface area contributed by atoms with E-state index >= 15 is 0 Å². The Morgan fingerprint density at radius 3 is 2.82 bits per heavy atom. The van der Waals surface area contributed by atoms with Crippen molar-refractivity contribution in [3.63, 3.8) is 0 Å². The number of aromatic nitrogens is 1. The first-order chi connectivity index (χ1) is 10.6. The van der Waals surface area contributed by atoms with Crippen LogP contribution in [0.2, 0.25) is 0 Å². The summed E-state index contributed by atoms with van der Waals surface area (Å²) in [6.45, 7) is -0.507. The molecule has 0 atom stereocenters. The molecule has 1 aromatic heterocycles. The van der Waals surface area contributed by atoms with Gasteiger partial charge in [0.25, 0.3) is 0 Å². The Labute approximate surface area is 128 Å². The maximum absolute atomic E-state index is 11.6. The van der Waals surface area contributed by atoms with Crippen molar-refractivity contribution < 1.29 is 24.2 Å². The van der Waals surface area contributed by atoms with Crippen LogP contribution in [0.25, 0.3) is 0 Å². The Kier molecular flexibility index (Phi) is 6.14. The molecule has 1 amide bonds. The van der Waals surface area contributed by atoms with Gasteiger partial charge in [-0.3, -0.25) is 4.79 Å². The van der Waals surface area contributed by atoms with E-state index in [1.807, 2.05) is 6.07 Å². The molecule has 2 rings (SSSR count). The van der Waals surface area contributed by atoms with Gasteiger partial charge in [-0.05, 0) is 31.7 Å². The van der Waals surface area contributed by atoms with Crippen molar-refractivity contribution >= 4 is 11.9 Å². The van der Waals surface area contributed by atoms with Crippen LogP contribution in [-0.4, -0.2) is 41.3 Å². The summed E-state index contributed by atoms with van der Waals surface area (Å²) in [6, 6.07) is 3.62. The molecular formula is C15H20N2O5. The maximum Gasteiger partial charge on any atom is 0.329 e. The zero-order chi connectivity index (χ0) is 15.8. The highest BCUT2D eigenvalue weighted by atomic mass is 16.5. The van der Waals surface area contributed by atoms with E-state index in [9.17, 15) is 9.59 Å². The van der Waals surface area contributed by atoms with Crippen molar-refractivity contribution in [1.82, 2.24) is 10.3 Å². The van der Waals surface area contributed by atoms with Crippen molar-refractivity contribution in [3.05, 3.63) is 23.9 Å². The van der Waals surface area contributed by atoms with Gasteiger partial charge in [0.15, 0.2) is 0 Å². The van der Waals surface area contributed by atoms with Crippen LogP contribution in [-0.2, 0) is 20.9 Å².